The fraction of sp³-hybridized carbons (Fsp3) is 0.750. The van der Waals surface area contributed by atoms with Crippen molar-refractivity contribution >= 4 is 17.3 Å². The zero-order valence-corrected chi connectivity index (χ0v) is 5.69. The molecule has 5 heteroatoms. The van der Waals surface area contributed by atoms with Crippen LogP contribution in [-0.2, 0) is 0 Å². The average Bonchev–Trinajstić information content (AvgIpc) is 1.82. The Balaban J connectivity index is 3.43. The lowest BCUT2D eigenvalue weighted by molar-refractivity contribution is 0.183. The zero-order chi connectivity index (χ0) is 7.28. The second kappa shape index (κ2) is 4.49. The van der Waals surface area contributed by atoms with Crippen molar-refractivity contribution < 1.29 is 10.2 Å². The number of rotatable bonds is 3. The molecule has 0 unspecified atom stereocenters. The van der Waals surface area contributed by atoms with Crippen LogP contribution in [0.15, 0.2) is 0 Å². The Kier molecular flexibility index (Phi) is 4.29. The SMILES string of the molecule is NC(=S)NC(CO)CO. The van der Waals surface area contributed by atoms with Gasteiger partial charge in [0.1, 0.15) is 0 Å². The molecule has 0 spiro atoms. The molecule has 0 aromatic rings. The van der Waals surface area contributed by atoms with Crippen LogP contribution in [0.5, 0.6) is 0 Å². The van der Waals surface area contributed by atoms with Gasteiger partial charge in [-0.3, -0.25) is 0 Å². The zero-order valence-electron chi connectivity index (χ0n) is 4.87. The first-order valence-corrected chi connectivity index (χ1v) is 2.89. The van der Waals surface area contributed by atoms with Crippen LogP contribution in [0.1, 0.15) is 0 Å². The van der Waals surface area contributed by atoms with E-state index in [4.69, 9.17) is 15.9 Å². The van der Waals surface area contributed by atoms with E-state index in [9.17, 15) is 0 Å². The van der Waals surface area contributed by atoms with Crippen molar-refractivity contribution in [3.63, 3.8) is 0 Å². The number of aliphatic hydroxyl groups excluding tert-OH is 2. The van der Waals surface area contributed by atoms with Gasteiger partial charge >= 0.3 is 0 Å². The highest BCUT2D eigenvalue weighted by Gasteiger charge is 2.02. The van der Waals surface area contributed by atoms with Crippen molar-refractivity contribution in [2.24, 2.45) is 5.73 Å². The molecule has 4 nitrogen and oxygen atoms in total. The summed E-state index contributed by atoms with van der Waals surface area (Å²) in [6.07, 6.45) is 0. The first-order chi connectivity index (χ1) is 4.20. The third-order valence-corrected chi connectivity index (χ3v) is 0.905. The molecule has 9 heavy (non-hydrogen) atoms. The molecule has 54 valence electrons. The van der Waals surface area contributed by atoms with Crippen LogP contribution in [0.2, 0.25) is 0 Å². The number of thiocarbonyl (C=S) groups is 1. The molecule has 0 bridgehead atoms. The highest BCUT2D eigenvalue weighted by molar-refractivity contribution is 7.80. The molecule has 0 aromatic carbocycles. The summed E-state index contributed by atoms with van der Waals surface area (Å²) in [7, 11) is 0. The van der Waals surface area contributed by atoms with Crippen LogP contribution in [0.25, 0.3) is 0 Å². The molecule has 5 N–H and O–H groups in total. The van der Waals surface area contributed by atoms with Crippen LogP contribution < -0.4 is 11.1 Å². The molecule has 0 saturated carbocycles. The lowest BCUT2D eigenvalue weighted by atomic mass is 10.3. The smallest absolute Gasteiger partial charge is 0.164 e. The van der Waals surface area contributed by atoms with E-state index < -0.39 is 6.04 Å². The van der Waals surface area contributed by atoms with Gasteiger partial charge in [-0.15, -0.1) is 0 Å². The minimum atomic E-state index is -0.428. The lowest BCUT2D eigenvalue weighted by Crippen LogP contribution is -2.42. The largest absolute Gasteiger partial charge is 0.394 e. The summed E-state index contributed by atoms with van der Waals surface area (Å²) in [5, 5.41) is 19.4. The first kappa shape index (κ1) is 8.61. The predicted molar refractivity (Wildman–Crippen MR) is 37.9 cm³/mol. The van der Waals surface area contributed by atoms with Crippen LogP contribution in [-0.4, -0.2) is 34.6 Å². The van der Waals surface area contributed by atoms with Gasteiger partial charge in [0.2, 0.25) is 0 Å². The minimum absolute atomic E-state index is 0.0862. The standard InChI is InChI=1S/C4H10N2O2S/c5-4(9)6-3(1-7)2-8/h3,7-8H,1-2H2,(H3,5,6,9). The van der Waals surface area contributed by atoms with Gasteiger partial charge in [0.05, 0.1) is 19.3 Å². The van der Waals surface area contributed by atoms with Crippen LogP contribution >= 0.6 is 12.2 Å². The third-order valence-electron chi connectivity index (χ3n) is 0.787. The Morgan fingerprint density at radius 1 is 1.56 bits per heavy atom. The molecule has 0 saturated heterocycles. The summed E-state index contributed by atoms with van der Waals surface area (Å²) in [5.41, 5.74) is 5.04. The van der Waals surface area contributed by atoms with E-state index in [2.05, 4.69) is 17.5 Å². The van der Waals surface area contributed by atoms with Gasteiger partial charge < -0.3 is 21.3 Å². The first-order valence-electron chi connectivity index (χ1n) is 2.48. The van der Waals surface area contributed by atoms with E-state index in [1.54, 1.807) is 0 Å². The Morgan fingerprint density at radius 3 is 2.11 bits per heavy atom. The molecule has 0 fully saturated rings. The third kappa shape index (κ3) is 4.14. The summed E-state index contributed by atoms with van der Waals surface area (Å²) in [6.45, 7) is -0.346. The molecular formula is C4H10N2O2S. The van der Waals surface area contributed by atoms with Crippen molar-refractivity contribution in [3.05, 3.63) is 0 Å². The Hall–Kier alpha value is -0.390. The summed E-state index contributed by atoms with van der Waals surface area (Å²) in [5.74, 6) is 0. The van der Waals surface area contributed by atoms with Crippen molar-refractivity contribution in [2.45, 2.75) is 6.04 Å². The summed E-state index contributed by atoms with van der Waals surface area (Å²) < 4.78 is 0. The number of nitrogens with two attached hydrogens (primary N) is 1. The molecule has 0 amide bonds. The van der Waals surface area contributed by atoms with Crippen LogP contribution in [0.4, 0.5) is 0 Å². The molecule has 0 atom stereocenters. The van der Waals surface area contributed by atoms with Gasteiger partial charge in [0.25, 0.3) is 0 Å². The van der Waals surface area contributed by atoms with E-state index in [-0.39, 0.29) is 18.3 Å². The number of aliphatic hydroxyl groups is 2. The maximum atomic E-state index is 8.44. The van der Waals surface area contributed by atoms with Crippen molar-refractivity contribution in [2.75, 3.05) is 13.2 Å². The van der Waals surface area contributed by atoms with Crippen molar-refractivity contribution in [3.8, 4) is 0 Å². The van der Waals surface area contributed by atoms with Crippen LogP contribution in [0, 0.1) is 0 Å². The van der Waals surface area contributed by atoms with Gasteiger partial charge in [-0.2, -0.15) is 0 Å². The molecule has 0 aliphatic rings. The van der Waals surface area contributed by atoms with Gasteiger partial charge in [-0.1, -0.05) is 0 Å². The highest BCUT2D eigenvalue weighted by atomic mass is 32.1. The van der Waals surface area contributed by atoms with Gasteiger partial charge in [0, 0.05) is 0 Å². The molecule has 0 heterocycles. The quantitative estimate of drug-likeness (QED) is 0.356. The second-order valence-corrected chi connectivity index (χ2v) is 2.01. The summed E-state index contributed by atoms with van der Waals surface area (Å²) in [4.78, 5) is 0. The topological polar surface area (TPSA) is 78.5 Å². The van der Waals surface area contributed by atoms with E-state index in [1.807, 2.05) is 0 Å². The monoisotopic (exact) mass is 150 g/mol. The number of hydrogen-bond acceptors (Lipinski definition) is 3. The molecule has 0 rings (SSSR count). The van der Waals surface area contributed by atoms with Crippen LogP contribution in [0.3, 0.4) is 0 Å². The van der Waals surface area contributed by atoms with E-state index in [0.29, 0.717) is 0 Å². The van der Waals surface area contributed by atoms with Gasteiger partial charge in [-0.05, 0) is 12.2 Å². The molecule has 0 aliphatic carbocycles. The summed E-state index contributed by atoms with van der Waals surface area (Å²) >= 11 is 4.45. The Morgan fingerprint density at radius 2 is 2.00 bits per heavy atom. The molecule has 0 aliphatic heterocycles. The second-order valence-electron chi connectivity index (χ2n) is 1.57. The average molecular weight is 150 g/mol. The van der Waals surface area contributed by atoms with E-state index >= 15 is 0 Å². The fourth-order valence-corrected chi connectivity index (χ4v) is 0.517. The maximum Gasteiger partial charge on any atom is 0.164 e. The Labute approximate surface area is 58.7 Å². The van der Waals surface area contributed by atoms with Gasteiger partial charge in [0.15, 0.2) is 5.11 Å². The fourth-order valence-electron chi connectivity index (χ4n) is 0.350. The highest BCUT2D eigenvalue weighted by Crippen LogP contribution is 1.76. The maximum absolute atomic E-state index is 8.44. The molecule has 0 aromatic heterocycles. The van der Waals surface area contributed by atoms with Gasteiger partial charge in [-0.25, -0.2) is 0 Å². The summed E-state index contributed by atoms with van der Waals surface area (Å²) in [6, 6.07) is -0.428. The van der Waals surface area contributed by atoms with Crippen molar-refractivity contribution in [1.29, 1.82) is 0 Å². The number of nitrogens with one attached hydrogen (secondary N) is 1. The molecule has 0 radical (unpaired) electrons. The molecular weight excluding hydrogens is 140 g/mol. The Bertz CT molecular complexity index is 94.6. The van der Waals surface area contributed by atoms with E-state index in [1.165, 1.54) is 0 Å². The predicted octanol–water partition coefficient (Wildman–Crippen LogP) is -1.83. The van der Waals surface area contributed by atoms with E-state index in [0.717, 1.165) is 0 Å². The minimum Gasteiger partial charge on any atom is -0.394 e. The van der Waals surface area contributed by atoms with Crippen molar-refractivity contribution in [1.82, 2.24) is 5.32 Å². The lowest BCUT2D eigenvalue weighted by Gasteiger charge is -2.11. The number of hydrogen-bond donors (Lipinski definition) is 4. The normalized spacial score (nSPS) is 9.67.